The second-order valence-corrected chi connectivity index (χ2v) is 6.43. The fraction of sp³-hybridized carbons (Fsp3) is 0.682. The summed E-state index contributed by atoms with van der Waals surface area (Å²) in [4.78, 5) is 10.4. The standard InChI is InChI=1S/C22H38O2/c1-3-5-15-18-21(4-2)19-16-13-11-9-7-6-8-10-12-14-17-20-22(23)24/h6-7,11,13,19H,3-5,8-10,12,14-18,20H2,1-2H3,(H,23,24)/b7-6+,13-11+,21-19+. The molecular weight excluding hydrogens is 296 g/mol. The van der Waals surface area contributed by atoms with Gasteiger partial charge in [-0.05, 0) is 51.4 Å². The molecule has 0 unspecified atom stereocenters. The molecule has 0 aromatic rings. The van der Waals surface area contributed by atoms with Crippen molar-refractivity contribution in [1.82, 2.24) is 0 Å². The minimum absolute atomic E-state index is 0.313. The number of carboxylic acid groups (broad SMARTS) is 1. The zero-order valence-electron chi connectivity index (χ0n) is 15.9. The maximum Gasteiger partial charge on any atom is 0.303 e. The summed E-state index contributed by atoms with van der Waals surface area (Å²) < 4.78 is 0. The number of carbonyl (C=O) groups is 1. The van der Waals surface area contributed by atoms with Gasteiger partial charge in [0.25, 0.3) is 0 Å². The predicted octanol–water partition coefficient (Wildman–Crippen LogP) is 7.22. The molecule has 138 valence electrons. The largest absolute Gasteiger partial charge is 0.481 e. The monoisotopic (exact) mass is 334 g/mol. The molecule has 0 aromatic heterocycles. The Morgan fingerprint density at radius 1 is 0.792 bits per heavy atom. The van der Waals surface area contributed by atoms with Crippen LogP contribution in [0.15, 0.2) is 36.0 Å². The molecule has 0 spiro atoms. The van der Waals surface area contributed by atoms with Crippen molar-refractivity contribution in [3.05, 3.63) is 36.0 Å². The van der Waals surface area contributed by atoms with E-state index in [1.54, 1.807) is 5.57 Å². The molecular formula is C22H38O2. The van der Waals surface area contributed by atoms with Crippen molar-refractivity contribution < 1.29 is 9.90 Å². The second-order valence-electron chi connectivity index (χ2n) is 6.43. The first-order valence-electron chi connectivity index (χ1n) is 9.90. The second kappa shape index (κ2) is 18.0. The lowest BCUT2D eigenvalue weighted by molar-refractivity contribution is -0.137. The molecule has 0 heterocycles. The van der Waals surface area contributed by atoms with E-state index < -0.39 is 5.97 Å². The predicted molar refractivity (Wildman–Crippen MR) is 105 cm³/mol. The fourth-order valence-corrected chi connectivity index (χ4v) is 2.64. The molecule has 24 heavy (non-hydrogen) atoms. The number of aliphatic carboxylic acids is 1. The van der Waals surface area contributed by atoms with Crippen molar-refractivity contribution in [2.45, 2.75) is 97.3 Å². The molecule has 0 saturated heterocycles. The summed E-state index contributed by atoms with van der Waals surface area (Å²) in [6.45, 7) is 4.51. The molecule has 0 aliphatic rings. The highest BCUT2D eigenvalue weighted by Gasteiger charge is 1.95. The molecule has 0 fully saturated rings. The Hall–Kier alpha value is -1.31. The normalized spacial score (nSPS) is 12.5. The highest BCUT2D eigenvalue weighted by molar-refractivity contribution is 5.66. The van der Waals surface area contributed by atoms with Crippen LogP contribution in [0.4, 0.5) is 0 Å². The van der Waals surface area contributed by atoms with Crippen LogP contribution in [0.1, 0.15) is 97.3 Å². The molecule has 0 atom stereocenters. The smallest absolute Gasteiger partial charge is 0.303 e. The van der Waals surface area contributed by atoms with Gasteiger partial charge in [0.2, 0.25) is 0 Å². The maximum absolute atomic E-state index is 10.4. The first kappa shape index (κ1) is 22.7. The lowest BCUT2D eigenvalue weighted by Gasteiger charge is -2.02. The quantitative estimate of drug-likeness (QED) is 0.239. The minimum atomic E-state index is -0.677. The van der Waals surface area contributed by atoms with Gasteiger partial charge in [-0.25, -0.2) is 0 Å². The molecule has 0 radical (unpaired) electrons. The van der Waals surface area contributed by atoms with Gasteiger partial charge in [0.05, 0.1) is 0 Å². The molecule has 0 aliphatic heterocycles. The highest BCUT2D eigenvalue weighted by Crippen LogP contribution is 2.13. The van der Waals surface area contributed by atoms with E-state index in [9.17, 15) is 4.79 Å². The summed E-state index contributed by atoms with van der Waals surface area (Å²) in [5.41, 5.74) is 1.60. The molecule has 1 N–H and O–H groups in total. The molecule has 0 bridgehead atoms. The summed E-state index contributed by atoms with van der Waals surface area (Å²) in [6.07, 6.45) is 25.5. The number of hydrogen-bond donors (Lipinski definition) is 1. The van der Waals surface area contributed by atoms with Crippen LogP contribution in [0.2, 0.25) is 0 Å². The number of carboxylic acids is 1. The number of hydrogen-bond acceptors (Lipinski definition) is 1. The van der Waals surface area contributed by atoms with E-state index in [-0.39, 0.29) is 0 Å². The lowest BCUT2D eigenvalue weighted by atomic mass is 10.0. The van der Waals surface area contributed by atoms with E-state index in [1.165, 1.54) is 38.5 Å². The zero-order chi connectivity index (χ0) is 17.9. The molecule has 0 aromatic carbocycles. The van der Waals surface area contributed by atoms with Crippen molar-refractivity contribution in [3.8, 4) is 0 Å². The van der Waals surface area contributed by atoms with Gasteiger partial charge in [-0.3, -0.25) is 4.79 Å². The van der Waals surface area contributed by atoms with Gasteiger partial charge in [-0.1, -0.05) is 75.5 Å². The summed E-state index contributed by atoms with van der Waals surface area (Å²) in [6, 6.07) is 0. The van der Waals surface area contributed by atoms with Crippen LogP contribution in [0.3, 0.4) is 0 Å². The van der Waals surface area contributed by atoms with Crippen molar-refractivity contribution in [2.75, 3.05) is 0 Å². The Balaban J connectivity index is 3.57. The van der Waals surface area contributed by atoms with Crippen LogP contribution in [0.5, 0.6) is 0 Å². The van der Waals surface area contributed by atoms with Gasteiger partial charge in [-0.15, -0.1) is 0 Å². The molecule has 2 nitrogen and oxygen atoms in total. The van der Waals surface area contributed by atoms with Crippen LogP contribution >= 0.6 is 0 Å². The van der Waals surface area contributed by atoms with Gasteiger partial charge in [0.1, 0.15) is 0 Å². The number of allylic oxidation sites excluding steroid dienone is 6. The van der Waals surface area contributed by atoms with E-state index in [1.807, 2.05) is 0 Å². The van der Waals surface area contributed by atoms with Gasteiger partial charge >= 0.3 is 5.97 Å². The molecule has 0 aliphatic carbocycles. The highest BCUT2D eigenvalue weighted by atomic mass is 16.4. The van der Waals surface area contributed by atoms with E-state index in [4.69, 9.17) is 5.11 Å². The molecule has 0 saturated carbocycles. The summed E-state index contributed by atoms with van der Waals surface area (Å²) in [5.74, 6) is -0.677. The van der Waals surface area contributed by atoms with E-state index in [0.29, 0.717) is 6.42 Å². The average molecular weight is 335 g/mol. The van der Waals surface area contributed by atoms with Gasteiger partial charge in [-0.2, -0.15) is 0 Å². The van der Waals surface area contributed by atoms with Crippen molar-refractivity contribution in [1.29, 1.82) is 0 Å². The SMILES string of the molecule is CCCCC/C(=C/C/C=C/C/C=C/CCCCCCC(=O)O)CC. The third-order valence-corrected chi connectivity index (χ3v) is 4.22. The van der Waals surface area contributed by atoms with Gasteiger partial charge in [0.15, 0.2) is 0 Å². The van der Waals surface area contributed by atoms with E-state index >= 15 is 0 Å². The Bertz CT molecular complexity index is 377. The summed E-state index contributed by atoms with van der Waals surface area (Å²) in [7, 11) is 0. The third kappa shape index (κ3) is 17.1. The minimum Gasteiger partial charge on any atom is -0.481 e. The van der Waals surface area contributed by atoms with E-state index in [0.717, 1.165) is 38.5 Å². The zero-order valence-corrected chi connectivity index (χ0v) is 15.9. The number of unbranched alkanes of at least 4 members (excludes halogenated alkanes) is 6. The van der Waals surface area contributed by atoms with Crippen molar-refractivity contribution in [3.63, 3.8) is 0 Å². The lowest BCUT2D eigenvalue weighted by Crippen LogP contribution is -1.93. The first-order valence-corrected chi connectivity index (χ1v) is 9.90. The fourth-order valence-electron chi connectivity index (χ4n) is 2.64. The van der Waals surface area contributed by atoms with Crippen LogP contribution < -0.4 is 0 Å². The Morgan fingerprint density at radius 2 is 1.46 bits per heavy atom. The van der Waals surface area contributed by atoms with Crippen LogP contribution in [0.25, 0.3) is 0 Å². The number of rotatable bonds is 16. The summed E-state index contributed by atoms with van der Waals surface area (Å²) >= 11 is 0. The Labute approximate surface area is 149 Å². The van der Waals surface area contributed by atoms with Crippen LogP contribution in [0, 0.1) is 0 Å². The first-order chi connectivity index (χ1) is 11.7. The average Bonchev–Trinajstić information content (AvgIpc) is 2.57. The molecule has 2 heteroatoms. The van der Waals surface area contributed by atoms with Crippen LogP contribution in [-0.2, 0) is 4.79 Å². The Morgan fingerprint density at radius 3 is 2.17 bits per heavy atom. The van der Waals surface area contributed by atoms with E-state index in [2.05, 4.69) is 44.2 Å². The maximum atomic E-state index is 10.4. The third-order valence-electron chi connectivity index (χ3n) is 4.22. The van der Waals surface area contributed by atoms with Gasteiger partial charge in [0, 0.05) is 6.42 Å². The topological polar surface area (TPSA) is 37.3 Å². The van der Waals surface area contributed by atoms with Crippen molar-refractivity contribution in [2.24, 2.45) is 0 Å². The molecule has 0 amide bonds. The van der Waals surface area contributed by atoms with Crippen molar-refractivity contribution >= 4 is 5.97 Å². The van der Waals surface area contributed by atoms with Crippen LogP contribution in [-0.4, -0.2) is 11.1 Å². The Kier molecular flexibility index (Phi) is 17.1. The molecule has 0 rings (SSSR count). The summed E-state index contributed by atoms with van der Waals surface area (Å²) in [5, 5.41) is 8.55. The van der Waals surface area contributed by atoms with Gasteiger partial charge < -0.3 is 5.11 Å².